The topological polar surface area (TPSA) is 0 Å². The largest absolute Gasteiger partial charge is 0.0616 e. The SMILES string of the molecule is CC(C)c1ccc2c(ccc3ccccc32)c1.CC(C)c1ccc2ccccc2c1.CC(C)c1cccc2ccccc12. The minimum absolute atomic E-state index is 0.589. The lowest BCUT2D eigenvalue weighted by Gasteiger charge is -2.08. The molecule has 0 aliphatic carbocycles. The first-order valence-corrected chi connectivity index (χ1v) is 15.7. The van der Waals surface area contributed by atoms with Crippen molar-refractivity contribution in [2.24, 2.45) is 0 Å². The van der Waals surface area contributed by atoms with Crippen LogP contribution in [0.15, 0.2) is 140 Å². The van der Waals surface area contributed by atoms with E-state index in [-0.39, 0.29) is 0 Å². The zero-order valence-electron chi connectivity index (χ0n) is 26.5. The van der Waals surface area contributed by atoms with Crippen LogP contribution in [0.25, 0.3) is 43.1 Å². The van der Waals surface area contributed by atoms with Gasteiger partial charge in [-0.3, -0.25) is 0 Å². The number of benzene rings is 7. The lowest BCUT2D eigenvalue weighted by Crippen LogP contribution is -1.88. The molecule has 0 saturated heterocycles. The van der Waals surface area contributed by atoms with Gasteiger partial charge in [-0.15, -0.1) is 0 Å². The highest BCUT2D eigenvalue weighted by molar-refractivity contribution is 6.07. The molecule has 0 nitrogen and oxygen atoms in total. The minimum atomic E-state index is 0.589. The second-order valence-corrected chi connectivity index (χ2v) is 12.4. The highest BCUT2D eigenvalue weighted by Crippen LogP contribution is 2.28. The van der Waals surface area contributed by atoms with Crippen molar-refractivity contribution in [2.75, 3.05) is 0 Å². The molecule has 0 fully saturated rings. The van der Waals surface area contributed by atoms with Gasteiger partial charge in [0.05, 0.1) is 0 Å². The summed E-state index contributed by atoms with van der Waals surface area (Å²) in [5.41, 5.74) is 4.27. The molecule has 0 aliphatic heterocycles. The van der Waals surface area contributed by atoms with E-state index in [2.05, 4.69) is 181 Å². The summed E-state index contributed by atoms with van der Waals surface area (Å²) in [5, 5.41) is 10.8. The van der Waals surface area contributed by atoms with E-state index in [4.69, 9.17) is 0 Å². The highest BCUT2D eigenvalue weighted by Gasteiger charge is 2.04. The van der Waals surface area contributed by atoms with Crippen LogP contribution < -0.4 is 0 Å². The predicted molar refractivity (Wildman–Crippen MR) is 192 cm³/mol. The molecule has 0 heterocycles. The van der Waals surface area contributed by atoms with Gasteiger partial charge in [-0.25, -0.2) is 0 Å². The van der Waals surface area contributed by atoms with Crippen LogP contribution in [-0.4, -0.2) is 0 Å². The van der Waals surface area contributed by atoms with Gasteiger partial charge in [0.25, 0.3) is 0 Å². The Morgan fingerprint density at radius 2 is 0.744 bits per heavy atom. The van der Waals surface area contributed by atoms with E-state index in [0.717, 1.165) is 0 Å². The summed E-state index contributed by atoms with van der Waals surface area (Å²) < 4.78 is 0. The lowest BCUT2D eigenvalue weighted by atomic mass is 9.96. The van der Waals surface area contributed by atoms with Gasteiger partial charge in [-0.1, -0.05) is 181 Å². The summed E-state index contributed by atoms with van der Waals surface area (Å²) in [6.07, 6.45) is 0. The average Bonchev–Trinajstić information content (AvgIpc) is 3.04. The van der Waals surface area contributed by atoms with Crippen molar-refractivity contribution in [3.63, 3.8) is 0 Å². The zero-order chi connectivity index (χ0) is 30.3. The average molecular weight is 561 g/mol. The molecule has 0 atom stereocenters. The second kappa shape index (κ2) is 13.7. The molecule has 0 N–H and O–H groups in total. The number of fused-ring (bicyclic) bond motifs is 5. The van der Waals surface area contributed by atoms with Gasteiger partial charge in [0.2, 0.25) is 0 Å². The van der Waals surface area contributed by atoms with E-state index in [1.54, 1.807) is 0 Å². The molecule has 0 saturated carbocycles. The van der Waals surface area contributed by atoms with Crippen LogP contribution in [0.3, 0.4) is 0 Å². The Bertz CT molecular complexity index is 1940. The van der Waals surface area contributed by atoms with Crippen LogP contribution in [0.1, 0.15) is 76.0 Å². The Labute approximate surface area is 258 Å². The first kappa shape index (κ1) is 30.1. The Hall–Kier alpha value is -4.42. The molecule has 43 heavy (non-hydrogen) atoms. The molecular weight excluding hydrogens is 516 g/mol. The standard InChI is InChI=1S/C17H16.2C13H14/c1-12(2)14-9-10-17-15(11-14)8-7-13-5-3-4-6-16(13)17;1-10(2)12-9-5-7-11-6-3-4-8-13(11)12;1-10(2)12-8-7-11-5-3-4-6-13(11)9-12/h3-12H,1-2H3;2*3-10H,1-2H3. The third kappa shape index (κ3) is 7.15. The summed E-state index contributed by atoms with van der Waals surface area (Å²) in [4.78, 5) is 0. The number of hydrogen-bond acceptors (Lipinski definition) is 0. The fourth-order valence-electron chi connectivity index (χ4n) is 5.71. The van der Waals surface area contributed by atoms with Crippen molar-refractivity contribution in [3.05, 3.63) is 156 Å². The molecular formula is C43H44. The van der Waals surface area contributed by atoms with Crippen molar-refractivity contribution in [3.8, 4) is 0 Å². The first-order chi connectivity index (χ1) is 20.8. The smallest absolute Gasteiger partial charge is 0.0105 e. The van der Waals surface area contributed by atoms with E-state index in [1.165, 1.54) is 59.8 Å². The Morgan fingerprint density at radius 1 is 0.302 bits per heavy atom. The predicted octanol–water partition coefficient (Wildman–Crippen LogP) is 13.0. The third-order valence-corrected chi connectivity index (χ3v) is 8.32. The Morgan fingerprint density at radius 3 is 1.40 bits per heavy atom. The van der Waals surface area contributed by atoms with Crippen molar-refractivity contribution in [2.45, 2.75) is 59.3 Å². The summed E-state index contributed by atoms with van der Waals surface area (Å²) in [6, 6.07) is 50.1. The number of rotatable bonds is 3. The second-order valence-electron chi connectivity index (χ2n) is 12.4. The van der Waals surface area contributed by atoms with E-state index in [0.29, 0.717) is 17.8 Å². The molecule has 0 unspecified atom stereocenters. The molecule has 216 valence electrons. The van der Waals surface area contributed by atoms with Gasteiger partial charge in [0.15, 0.2) is 0 Å². The van der Waals surface area contributed by atoms with Gasteiger partial charge in [0.1, 0.15) is 0 Å². The summed E-state index contributed by atoms with van der Waals surface area (Å²) in [6.45, 7) is 13.4. The fourth-order valence-corrected chi connectivity index (χ4v) is 5.71. The molecule has 7 aromatic rings. The molecule has 0 amide bonds. The Balaban J connectivity index is 0.000000130. The van der Waals surface area contributed by atoms with Crippen molar-refractivity contribution in [1.29, 1.82) is 0 Å². The molecule has 0 bridgehead atoms. The maximum atomic E-state index is 2.31. The monoisotopic (exact) mass is 560 g/mol. The van der Waals surface area contributed by atoms with Gasteiger partial charge in [-0.05, 0) is 77.5 Å². The molecule has 0 aliphatic rings. The number of hydrogen-bond donors (Lipinski definition) is 0. The normalized spacial score (nSPS) is 11.2. The third-order valence-electron chi connectivity index (χ3n) is 8.32. The molecule has 0 spiro atoms. The summed E-state index contributed by atoms with van der Waals surface area (Å²) in [7, 11) is 0. The van der Waals surface area contributed by atoms with Crippen molar-refractivity contribution in [1.82, 2.24) is 0 Å². The van der Waals surface area contributed by atoms with Crippen LogP contribution in [0.5, 0.6) is 0 Å². The van der Waals surface area contributed by atoms with Crippen LogP contribution in [-0.2, 0) is 0 Å². The van der Waals surface area contributed by atoms with Crippen LogP contribution in [0.2, 0.25) is 0 Å². The molecule has 0 radical (unpaired) electrons. The van der Waals surface area contributed by atoms with E-state index in [1.807, 2.05) is 0 Å². The first-order valence-electron chi connectivity index (χ1n) is 15.7. The highest BCUT2D eigenvalue weighted by atomic mass is 14.1. The van der Waals surface area contributed by atoms with E-state index >= 15 is 0 Å². The Kier molecular flexibility index (Phi) is 9.58. The van der Waals surface area contributed by atoms with Gasteiger partial charge in [0, 0.05) is 0 Å². The van der Waals surface area contributed by atoms with Crippen LogP contribution >= 0.6 is 0 Å². The molecule has 7 rings (SSSR count). The van der Waals surface area contributed by atoms with Gasteiger partial charge >= 0.3 is 0 Å². The van der Waals surface area contributed by atoms with Crippen molar-refractivity contribution >= 4 is 43.1 Å². The van der Waals surface area contributed by atoms with Crippen molar-refractivity contribution < 1.29 is 0 Å². The maximum absolute atomic E-state index is 2.31. The van der Waals surface area contributed by atoms with Gasteiger partial charge < -0.3 is 0 Å². The quantitative estimate of drug-likeness (QED) is 0.189. The maximum Gasteiger partial charge on any atom is -0.0105 e. The van der Waals surface area contributed by atoms with Crippen LogP contribution in [0, 0.1) is 0 Å². The molecule has 0 aromatic heterocycles. The van der Waals surface area contributed by atoms with E-state index < -0.39 is 0 Å². The summed E-state index contributed by atoms with van der Waals surface area (Å²) in [5.74, 6) is 1.81. The fraction of sp³-hybridized carbons (Fsp3) is 0.209. The lowest BCUT2D eigenvalue weighted by molar-refractivity contribution is 0.869. The zero-order valence-corrected chi connectivity index (χ0v) is 26.5. The summed E-state index contributed by atoms with van der Waals surface area (Å²) >= 11 is 0. The minimum Gasteiger partial charge on any atom is -0.0616 e. The van der Waals surface area contributed by atoms with Crippen LogP contribution in [0.4, 0.5) is 0 Å². The molecule has 0 heteroatoms. The van der Waals surface area contributed by atoms with Gasteiger partial charge in [-0.2, -0.15) is 0 Å². The molecule has 7 aromatic carbocycles. The van der Waals surface area contributed by atoms with E-state index in [9.17, 15) is 0 Å².